The third-order valence-electron chi connectivity index (χ3n) is 3.91. The maximum absolute atomic E-state index is 11.1. The van der Waals surface area contributed by atoms with Crippen molar-refractivity contribution in [1.82, 2.24) is 0 Å². The second-order valence-electron chi connectivity index (χ2n) is 5.74. The maximum atomic E-state index is 11.1. The molecule has 2 rings (SSSR count). The first kappa shape index (κ1) is 21.2. The van der Waals surface area contributed by atoms with Crippen LogP contribution in [-0.4, -0.2) is 49.6 Å². The first-order valence-electron chi connectivity index (χ1n) is 8.43. The zero-order chi connectivity index (χ0) is 20.5. The Morgan fingerprint density at radius 2 is 1.04 bits per heavy atom. The second-order valence-corrected chi connectivity index (χ2v) is 5.74. The van der Waals surface area contributed by atoms with Crippen molar-refractivity contribution in [3.05, 3.63) is 59.7 Å². The molecule has 0 aliphatic rings. The number of hydrogen-bond acceptors (Lipinski definition) is 6. The lowest BCUT2D eigenvalue weighted by atomic mass is 10.1. The maximum Gasteiger partial charge on any atom is 0.337 e. The molecular weight excluding hydrogens is 368 g/mol. The lowest BCUT2D eigenvalue weighted by Gasteiger charge is -2.13. The molecule has 0 amide bonds. The highest BCUT2D eigenvalue weighted by Crippen LogP contribution is 2.22. The fourth-order valence-corrected chi connectivity index (χ4v) is 2.56. The van der Waals surface area contributed by atoms with Gasteiger partial charge in [-0.2, -0.15) is 0 Å². The highest BCUT2D eigenvalue weighted by atomic mass is 16.5. The van der Waals surface area contributed by atoms with Crippen molar-refractivity contribution in [3.8, 4) is 11.5 Å². The number of hydrogen-bond donors (Lipinski definition) is 2. The number of rotatable bonds is 11. The summed E-state index contributed by atoms with van der Waals surface area (Å²) in [6, 6.07) is 13.2. The van der Waals surface area contributed by atoms with Gasteiger partial charge in [-0.25, -0.2) is 9.59 Å². The predicted molar refractivity (Wildman–Crippen MR) is 98.6 cm³/mol. The number of aliphatic carboxylic acids is 2. The summed E-state index contributed by atoms with van der Waals surface area (Å²) in [5.41, 5.74) is 1.05. The lowest BCUT2D eigenvalue weighted by Crippen LogP contribution is -2.14. The normalized spacial score (nSPS) is 12.8. The first-order chi connectivity index (χ1) is 13.5. The van der Waals surface area contributed by atoms with Crippen molar-refractivity contribution in [2.24, 2.45) is 0 Å². The van der Waals surface area contributed by atoms with E-state index in [0.29, 0.717) is 22.6 Å². The van der Waals surface area contributed by atoms with Gasteiger partial charge in [0.15, 0.2) is 12.2 Å². The molecule has 2 unspecified atom stereocenters. The monoisotopic (exact) mass is 390 g/mol. The van der Waals surface area contributed by atoms with Crippen LogP contribution in [0.1, 0.15) is 23.3 Å². The van der Waals surface area contributed by atoms with Gasteiger partial charge in [-0.15, -0.1) is 0 Å². The van der Waals surface area contributed by atoms with Gasteiger partial charge in [0.1, 0.15) is 24.7 Å². The summed E-state index contributed by atoms with van der Waals surface area (Å²) in [5.74, 6) is -0.966. The number of methoxy groups -OCH3 is 2. The molecule has 0 saturated heterocycles. The van der Waals surface area contributed by atoms with E-state index in [1.54, 1.807) is 48.5 Å². The van der Waals surface area contributed by atoms with Crippen LogP contribution in [0, 0.1) is 0 Å². The van der Waals surface area contributed by atoms with Crippen LogP contribution in [-0.2, 0) is 19.1 Å². The number of benzene rings is 2. The summed E-state index contributed by atoms with van der Waals surface area (Å²) in [6.45, 7) is 0.563. The largest absolute Gasteiger partial charge is 0.490 e. The van der Waals surface area contributed by atoms with Gasteiger partial charge in [-0.1, -0.05) is 24.3 Å². The van der Waals surface area contributed by atoms with Gasteiger partial charge in [0, 0.05) is 14.2 Å². The van der Waals surface area contributed by atoms with Crippen molar-refractivity contribution in [3.63, 3.8) is 0 Å². The van der Waals surface area contributed by atoms with Gasteiger partial charge in [-0.05, 0) is 35.4 Å². The average molecular weight is 390 g/mol. The molecule has 2 aromatic carbocycles. The molecule has 0 heterocycles. The van der Waals surface area contributed by atoms with E-state index in [1.807, 2.05) is 0 Å². The highest BCUT2D eigenvalue weighted by Gasteiger charge is 2.19. The van der Waals surface area contributed by atoms with Crippen LogP contribution in [0.3, 0.4) is 0 Å². The van der Waals surface area contributed by atoms with E-state index < -0.39 is 24.1 Å². The Morgan fingerprint density at radius 1 is 0.714 bits per heavy atom. The lowest BCUT2D eigenvalue weighted by molar-refractivity contribution is -0.149. The number of carboxylic acids is 2. The quantitative estimate of drug-likeness (QED) is 0.563. The van der Waals surface area contributed by atoms with Gasteiger partial charge in [0.05, 0.1) is 0 Å². The Kier molecular flexibility index (Phi) is 7.79. The van der Waals surface area contributed by atoms with E-state index >= 15 is 0 Å². The molecule has 0 aliphatic carbocycles. The molecule has 0 radical (unpaired) electrons. The minimum atomic E-state index is -1.06. The zero-order valence-corrected chi connectivity index (χ0v) is 15.5. The summed E-state index contributed by atoms with van der Waals surface area (Å²) >= 11 is 0. The molecule has 0 aliphatic heterocycles. The Balaban J connectivity index is 1.81. The van der Waals surface area contributed by atoms with Crippen LogP contribution in [0.15, 0.2) is 48.5 Å². The van der Waals surface area contributed by atoms with E-state index in [2.05, 4.69) is 0 Å². The Morgan fingerprint density at radius 3 is 1.29 bits per heavy atom. The Bertz CT molecular complexity index is 702. The van der Waals surface area contributed by atoms with Gasteiger partial charge in [0.2, 0.25) is 0 Å². The third kappa shape index (κ3) is 5.70. The molecule has 28 heavy (non-hydrogen) atoms. The van der Waals surface area contributed by atoms with Crippen LogP contribution in [0.4, 0.5) is 0 Å². The molecule has 8 nitrogen and oxygen atoms in total. The highest BCUT2D eigenvalue weighted by molar-refractivity contribution is 5.74. The van der Waals surface area contributed by atoms with Crippen molar-refractivity contribution in [2.45, 2.75) is 12.2 Å². The van der Waals surface area contributed by atoms with Gasteiger partial charge in [-0.3, -0.25) is 0 Å². The van der Waals surface area contributed by atoms with E-state index in [0.717, 1.165) is 0 Å². The summed E-state index contributed by atoms with van der Waals surface area (Å²) in [5, 5.41) is 18.1. The molecule has 0 fully saturated rings. The molecule has 150 valence electrons. The fourth-order valence-electron chi connectivity index (χ4n) is 2.56. The number of carbonyl (C=O) groups is 2. The molecule has 0 bridgehead atoms. The molecule has 0 spiro atoms. The molecule has 2 N–H and O–H groups in total. The molecule has 0 saturated carbocycles. The minimum absolute atomic E-state index is 0.281. The van der Waals surface area contributed by atoms with Crippen LogP contribution in [0.2, 0.25) is 0 Å². The van der Waals surface area contributed by atoms with Crippen LogP contribution < -0.4 is 9.47 Å². The van der Waals surface area contributed by atoms with E-state index in [1.165, 1.54) is 14.2 Å². The minimum Gasteiger partial charge on any atom is -0.490 e. The summed E-state index contributed by atoms with van der Waals surface area (Å²) in [6.07, 6.45) is -2.03. The van der Waals surface area contributed by atoms with Crippen molar-refractivity contribution >= 4 is 11.9 Å². The molecule has 0 aromatic heterocycles. The summed E-state index contributed by atoms with van der Waals surface area (Å²) in [7, 11) is 2.67. The second kappa shape index (κ2) is 10.3. The van der Waals surface area contributed by atoms with Crippen LogP contribution in [0.5, 0.6) is 11.5 Å². The number of ether oxygens (including phenoxy) is 4. The summed E-state index contributed by atoms with van der Waals surface area (Å²) in [4.78, 5) is 22.1. The van der Waals surface area contributed by atoms with E-state index in [9.17, 15) is 9.59 Å². The number of carboxylic acid groups (broad SMARTS) is 2. The molecular formula is C20H22O8. The molecule has 2 aromatic rings. The van der Waals surface area contributed by atoms with Crippen molar-refractivity contribution in [2.75, 3.05) is 27.4 Å². The standard InChI is InChI=1S/C20H22O8/c1-25-17(19(21)22)13-3-7-15(8-4-13)27-11-12-28-16-9-5-14(6-10-16)18(26-2)20(23)24/h3-10,17-18H,11-12H2,1-2H3,(H,21,22)(H,23,24). The van der Waals surface area contributed by atoms with E-state index in [-0.39, 0.29) is 13.2 Å². The van der Waals surface area contributed by atoms with E-state index in [4.69, 9.17) is 29.2 Å². The first-order valence-corrected chi connectivity index (χ1v) is 8.43. The van der Waals surface area contributed by atoms with Crippen molar-refractivity contribution in [1.29, 1.82) is 0 Å². The smallest absolute Gasteiger partial charge is 0.337 e. The van der Waals surface area contributed by atoms with Gasteiger partial charge < -0.3 is 29.2 Å². The third-order valence-corrected chi connectivity index (χ3v) is 3.91. The summed E-state index contributed by atoms with van der Waals surface area (Å²) < 4.78 is 21.0. The molecule has 8 heteroatoms. The topological polar surface area (TPSA) is 112 Å². The zero-order valence-electron chi connectivity index (χ0n) is 15.5. The average Bonchev–Trinajstić information content (AvgIpc) is 2.68. The van der Waals surface area contributed by atoms with Gasteiger partial charge >= 0.3 is 11.9 Å². The Hall–Kier alpha value is -3.10. The Labute approximate surface area is 162 Å². The van der Waals surface area contributed by atoms with Crippen molar-refractivity contribution < 1.29 is 38.7 Å². The fraction of sp³-hybridized carbons (Fsp3) is 0.300. The predicted octanol–water partition coefficient (Wildman–Crippen LogP) is 2.69. The molecule has 2 atom stereocenters. The van der Waals surface area contributed by atoms with Crippen LogP contribution in [0.25, 0.3) is 0 Å². The van der Waals surface area contributed by atoms with Crippen LogP contribution >= 0.6 is 0 Å². The SMILES string of the molecule is COC(C(=O)O)c1ccc(OCCOc2ccc(C(OC)C(=O)O)cc2)cc1. The van der Waals surface area contributed by atoms with Gasteiger partial charge in [0.25, 0.3) is 0 Å².